The third-order valence-electron chi connectivity index (χ3n) is 5.14. The van der Waals surface area contributed by atoms with Crippen LogP contribution in [-0.2, 0) is 6.54 Å². The number of benzene rings is 2. The Labute approximate surface area is 183 Å². The van der Waals surface area contributed by atoms with E-state index in [1.807, 2.05) is 74.0 Å². The van der Waals surface area contributed by atoms with Crippen molar-refractivity contribution < 1.29 is 4.74 Å². The van der Waals surface area contributed by atoms with Crippen LogP contribution in [0.15, 0.2) is 110 Å². The molecule has 0 aliphatic rings. The zero-order valence-electron chi connectivity index (χ0n) is 17.6. The average molecular weight is 408 g/mol. The summed E-state index contributed by atoms with van der Waals surface area (Å²) in [5.74, 6) is 0.769. The van der Waals surface area contributed by atoms with Gasteiger partial charge in [-0.1, -0.05) is 61.2 Å². The summed E-state index contributed by atoms with van der Waals surface area (Å²) in [6.45, 7) is 5.12. The number of aromatic nitrogens is 2. The van der Waals surface area contributed by atoms with Gasteiger partial charge in [0.05, 0.1) is 0 Å². The molecule has 2 heterocycles. The SMILES string of the molecule is C=C(c1ccccc1OC(c1cccnc1)c1cccnc1)N(C)Cc1ccccc1. The molecule has 0 aliphatic heterocycles. The predicted octanol–water partition coefficient (Wildman–Crippen LogP) is 5.75. The molecule has 31 heavy (non-hydrogen) atoms. The lowest BCUT2D eigenvalue weighted by Gasteiger charge is -2.26. The van der Waals surface area contributed by atoms with Crippen LogP contribution in [0.4, 0.5) is 0 Å². The standard InChI is InChI=1S/C27H25N3O/c1-21(30(2)20-22-10-4-3-5-11-22)25-14-6-7-15-26(25)31-27(23-12-8-16-28-18-23)24-13-9-17-29-19-24/h3-19,27H,1,20H2,2H3. The minimum absolute atomic E-state index is 0.323. The lowest BCUT2D eigenvalue weighted by Crippen LogP contribution is -2.17. The second-order valence-electron chi connectivity index (χ2n) is 7.36. The van der Waals surface area contributed by atoms with E-state index in [9.17, 15) is 0 Å². The van der Waals surface area contributed by atoms with Gasteiger partial charge in [-0.05, 0) is 29.8 Å². The van der Waals surface area contributed by atoms with E-state index in [0.717, 1.165) is 34.7 Å². The average Bonchev–Trinajstić information content (AvgIpc) is 2.84. The second kappa shape index (κ2) is 9.72. The van der Waals surface area contributed by atoms with E-state index >= 15 is 0 Å². The number of hydrogen-bond donors (Lipinski definition) is 0. The molecular weight excluding hydrogens is 382 g/mol. The van der Waals surface area contributed by atoms with Gasteiger partial charge in [0.2, 0.25) is 0 Å². The van der Waals surface area contributed by atoms with Crippen LogP contribution in [0.3, 0.4) is 0 Å². The van der Waals surface area contributed by atoms with Gasteiger partial charge in [-0.3, -0.25) is 9.97 Å². The van der Waals surface area contributed by atoms with Crippen molar-refractivity contribution in [3.63, 3.8) is 0 Å². The molecule has 0 radical (unpaired) electrons. The van der Waals surface area contributed by atoms with Crippen LogP contribution in [0.5, 0.6) is 5.75 Å². The van der Waals surface area contributed by atoms with Crippen molar-refractivity contribution in [2.75, 3.05) is 7.05 Å². The summed E-state index contributed by atoms with van der Waals surface area (Å²) in [4.78, 5) is 10.7. The van der Waals surface area contributed by atoms with Crippen molar-refractivity contribution in [2.45, 2.75) is 12.6 Å². The van der Waals surface area contributed by atoms with E-state index in [2.05, 4.69) is 45.7 Å². The van der Waals surface area contributed by atoms with Crippen molar-refractivity contribution >= 4 is 5.70 Å². The van der Waals surface area contributed by atoms with Crippen LogP contribution in [-0.4, -0.2) is 21.9 Å². The van der Waals surface area contributed by atoms with Crippen LogP contribution in [0.1, 0.15) is 28.4 Å². The van der Waals surface area contributed by atoms with Gasteiger partial charge in [0, 0.05) is 60.8 Å². The predicted molar refractivity (Wildman–Crippen MR) is 124 cm³/mol. The molecule has 0 unspecified atom stereocenters. The highest BCUT2D eigenvalue weighted by Gasteiger charge is 2.20. The first-order valence-electron chi connectivity index (χ1n) is 10.2. The lowest BCUT2D eigenvalue weighted by molar-refractivity contribution is 0.245. The summed E-state index contributed by atoms with van der Waals surface area (Å²) >= 11 is 0. The van der Waals surface area contributed by atoms with Crippen LogP contribution in [0.25, 0.3) is 5.70 Å². The van der Waals surface area contributed by atoms with E-state index < -0.39 is 0 Å². The fourth-order valence-electron chi connectivity index (χ4n) is 3.48. The first-order valence-corrected chi connectivity index (χ1v) is 10.2. The van der Waals surface area contributed by atoms with E-state index in [1.165, 1.54) is 5.56 Å². The largest absolute Gasteiger partial charge is 0.480 e. The van der Waals surface area contributed by atoms with E-state index in [0.29, 0.717) is 0 Å². The molecule has 4 rings (SSSR count). The molecule has 4 heteroatoms. The Bertz CT molecular complexity index is 1080. The van der Waals surface area contributed by atoms with Crippen molar-refractivity contribution in [3.8, 4) is 5.75 Å². The van der Waals surface area contributed by atoms with Crippen LogP contribution in [0, 0.1) is 0 Å². The monoisotopic (exact) mass is 407 g/mol. The molecule has 0 aliphatic carbocycles. The molecule has 0 spiro atoms. The van der Waals surface area contributed by atoms with E-state index in [4.69, 9.17) is 4.74 Å². The first kappa shape index (κ1) is 20.4. The maximum absolute atomic E-state index is 6.57. The molecule has 0 atom stereocenters. The van der Waals surface area contributed by atoms with Crippen molar-refractivity contribution in [2.24, 2.45) is 0 Å². The molecule has 2 aromatic heterocycles. The number of rotatable bonds is 8. The van der Waals surface area contributed by atoms with Crippen LogP contribution >= 0.6 is 0 Å². The Balaban J connectivity index is 1.63. The highest BCUT2D eigenvalue weighted by atomic mass is 16.5. The summed E-state index contributed by atoms with van der Waals surface area (Å²) < 4.78 is 6.57. The Kier molecular flexibility index (Phi) is 6.38. The molecule has 0 N–H and O–H groups in total. The third kappa shape index (κ3) is 4.98. The fourth-order valence-corrected chi connectivity index (χ4v) is 3.48. The van der Waals surface area contributed by atoms with Crippen LogP contribution in [0.2, 0.25) is 0 Å². The number of para-hydroxylation sites is 1. The van der Waals surface area contributed by atoms with Gasteiger partial charge in [-0.25, -0.2) is 0 Å². The number of nitrogens with zero attached hydrogens (tertiary/aromatic N) is 3. The Morgan fingerprint density at radius 1 is 0.839 bits per heavy atom. The minimum atomic E-state index is -0.323. The quantitative estimate of drug-likeness (QED) is 0.373. The fraction of sp³-hybridized carbons (Fsp3) is 0.111. The summed E-state index contributed by atoms with van der Waals surface area (Å²) in [7, 11) is 2.05. The summed E-state index contributed by atoms with van der Waals surface area (Å²) in [5.41, 5.74) is 5.02. The molecular formula is C27H25N3O. The number of hydrogen-bond acceptors (Lipinski definition) is 4. The maximum atomic E-state index is 6.57. The summed E-state index contributed by atoms with van der Waals surface area (Å²) in [6.07, 6.45) is 6.86. The van der Waals surface area contributed by atoms with E-state index in [1.54, 1.807) is 12.4 Å². The molecule has 4 nitrogen and oxygen atoms in total. The number of ether oxygens (including phenoxy) is 1. The van der Waals surface area contributed by atoms with E-state index in [-0.39, 0.29) is 6.10 Å². The van der Waals surface area contributed by atoms with Crippen LogP contribution < -0.4 is 4.74 Å². The minimum Gasteiger partial charge on any atom is -0.480 e. The van der Waals surface area contributed by atoms with Crippen molar-refractivity contribution in [1.82, 2.24) is 14.9 Å². The maximum Gasteiger partial charge on any atom is 0.152 e. The molecule has 2 aromatic carbocycles. The van der Waals surface area contributed by atoms with Crippen molar-refractivity contribution in [3.05, 3.63) is 132 Å². The highest BCUT2D eigenvalue weighted by molar-refractivity contribution is 5.67. The van der Waals surface area contributed by atoms with Crippen molar-refractivity contribution in [1.29, 1.82) is 0 Å². The normalized spacial score (nSPS) is 10.6. The molecule has 0 saturated heterocycles. The molecule has 0 fully saturated rings. The molecule has 0 bridgehead atoms. The van der Waals surface area contributed by atoms with Gasteiger partial charge in [0.15, 0.2) is 6.10 Å². The van der Waals surface area contributed by atoms with Gasteiger partial charge in [0.1, 0.15) is 5.75 Å². The Hall–Kier alpha value is -3.92. The van der Waals surface area contributed by atoms with Gasteiger partial charge in [0.25, 0.3) is 0 Å². The van der Waals surface area contributed by atoms with Gasteiger partial charge in [-0.2, -0.15) is 0 Å². The second-order valence-corrected chi connectivity index (χ2v) is 7.36. The molecule has 0 saturated carbocycles. The zero-order chi connectivity index (χ0) is 21.5. The van der Waals surface area contributed by atoms with Gasteiger partial charge >= 0.3 is 0 Å². The van der Waals surface area contributed by atoms with Gasteiger partial charge < -0.3 is 9.64 Å². The molecule has 154 valence electrons. The topological polar surface area (TPSA) is 38.3 Å². The molecule has 0 amide bonds. The zero-order valence-corrected chi connectivity index (χ0v) is 17.6. The van der Waals surface area contributed by atoms with Gasteiger partial charge in [-0.15, -0.1) is 0 Å². The highest BCUT2D eigenvalue weighted by Crippen LogP contribution is 2.33. The summed E-state index contributed by atoms with van der Waals surface area (Å²) in [6, 6.07) is 26.2. The Morgan fingerprint density at radius 2 is 1.45 bits per heavy atom. The molecule has 4 aromatic rings. The smallest absolute Gasteiger partial charge is 0.152 e. The lowest BCUT2D eigenvalue weighted by atomic mass is 10.0. The third-order valence-corrected chi connectivity index (χ3v) is 5.14. The number of pyridine rings is 2. The first-order chi connectivity index (χ1) is 15.2. The summed E-state index contributed by atoms with van der Waals surface area (Å²) in [5, 5.41) is 0. The Morgan fingerprint density at radius 3 is 2.06 bits per heavy atom.